The van der Waals surface area contributed by atoms with Crippen molar-refractivity contribution in [2.75, 3.05) is 4.90 Å². The van der Waals surface area contributed by atoms with Crippen molar-refractivity contribution in [2.45, 2.75) is 18.9 Å². The van der Waals surface area contributed by atoms with Gasteiger partial charge in [-0.3, -0.25) is 9.13 Å². The van der Waals surface area contributed by atoms with Gasteiger partial charge >= 0.3 is 0 Å². The Morgan fingerprint density at radius 3 is 1.18 bits per heavy atom. The summed E-state index contributed by atoms with van der Waals surface area (Å²) in [5, 5.41) is 33.9. The van der Waals surface area contributed by atoms with Gasteiger partial charge in [0.1, 0.15) is 5.82 Å². The predicted octanol–water partition coefficient (Wildman–Crippen LogP) is 16.9. The van der Waals surface area contributed by atoms with Crippen LogP contribution in [0.5, 0.6) is 0 Å². The third kappa shape index (κ3) is 8.58. The molecule has 3 aliphatic rings. The minimum atomic E-state index is -0.162. The number of rotatable bonds is 12. The quantitative estimate of drug-likeness (QED) is 0.120. The highest BCUT2D eigenvalue weighted by atomic mass is 15.3. The van der Waals surface area contributed by atoms with Crippen LogP contribution in [0.3, 0.4) is 0 Å². The average Bonchev–Trinajstić information content (AvgIpc) is 4.51. The molecule has 0 N–H and O–H groups in total. The first kappa shape index (κ1) is 49.2. The molecule has 0 saturated carbocycles. The fourth-order valence-corrected chi connectivity index (χ4v) is 12.4. The molecule has 10 nitrogen and oxygen atoms in total. The van der Waals surface area contributed by atoms with Crippen molar-refractivity contribution < 1.29 is 0 Å². The van der Waals surface area contributed by atoms with Crippen molar-refractivity contribution in [2.24, 2.45) is 11.8 Å². The topological polar surface area (TPSA) is 95.4 Å². The van der Waals surface area contributed by atoms with Gasteiger partial charge in [0.2, 0.25) is 0 Å². The van der Waals surface area contributed by atoms with Crippen molar-refractivity contribution in [3.63, 3.8) is 0 Å². The van der Waals surface area contributed by atoms with E-state index < -0.39 is 0 Å². The number of aromatic nitrogens is 9. The summed E-state index contributed by atoms with van der Waals surface area (Å²) < 4.78 is 6.84. The molecule has 0 fully saturated rings. The van der Waals surface area contributed by atoms with Gasteiger partial charge in [0.15, 0.2) is 29.1 Å². The number of fused-ring (bicyclic) bond motifs is 3. The molecule has 12 aromatic rings. The van der Waals surface area contributed by atoms with Crippen molar-refractivity contribution in [1.82, 2.24) is 44.3 Å². The highest BCUT2D eigenvalue weighted by molar-refractivity contribution is 6.08. The van der Waals surface area contributed by atoms with Crippen LogP contribution in [0, 0.1) is 11.8 Å². The molecule has 0 saturated heterocycles. The summed E-state index contributed by atoms with van der Waals surface area (Å²) >= 11 is 0. The normalized spacial score (nSPS) is 17.2. The molecule has 0 radical (unpaired) electrons. The summed E-state index contributed by atoms with van der Waals surface area (Å²) in [7, 11) is 0. The first-order valence-electron chi connectivity index (χ1n) is 28.3. The number of anilines is 2. The second kappa shape index (κ2) is 21.0. The molecule has 4 atom stereocenters. The zero-order valence-corrected chi connectivity index (χ0v) is 45.4. The van der Waals surface area contributed by atoms with Gasteiger partial charge in [-0.25, -0.2) is 0 Å². The SMILES string of the molecule is CC1C=CC=CC1c1nnc(-c2ccccc2)n1C1C=CC(N(c2ccc(-n3c(-c4ccccc4)nnc3-c3ccccc3)c3ccccc23)c2ccc(-n3c(-c4ccccc4)nnc3-c3ccccc3)c3ccccc23)=C2C=CC=CC21. The van der Waals surface area contributed by atoms with Gasteiger partial charge < -0.3 is 9.47 Å². The van der Waals surface area contributed by atoms with Crippen molar-refractivity contribution in [3.05, 3.63) is 302 Å². The lowest BCUT2D eigenvalue weighted by Crippen LogP contribution is -2.29. The summed E-state index contributed by atoms with van der Waals surface area (Å²) in [5.74, 6) is 4.96. The Bertz CT molecular complexity index is 4270. The molecule has 9 aromatic carbocycles. The Kier molecular flexibility index (Phi) is 12.5. The number of allylic oxidation sites excluding steroid dienone is 11. The number of nitrogens with zero attached hydrogens (tertiary/aromatic N) is 10. The van der Waals surface area contributed by atoms with Gasteiger partial charge in [-0.15, -0.1) is 30.6 Å². The molecule has 0 spiro atoms. The van der Waals surface area contributed by atoms with Crippen LogP contribution in [0.25, 0.3) is 89.9 Å². The van der Waals surface area contributed by atoms with Gasteiger partial charge in [-0.2, -0.15) is 0 Å². The Morgan fingerprint density at radius 1 is 0.337 bits per heavy atom. The molecule has 396 valence electrons. The van der Waals surface area contributed by atoms with Gasteiger partial charge in [-0.1, -0.05) is 262 Å². The fraction of sp³-hybridized carbons (Fsp3) is 0.0685. The van der Waals surface area contributed by atoms with Crippen molar-refractivity contribution >= 4 is 32.9 Å². The molecule has 83 heavy (non-hydrogen) atoms. The molecule has 4 unspecified atom stereocenters. The van der Waals surface area contributed by atoms with Gasteiger partial charge in [0.25, 0.3) is 0 Å². The Hall–Kier alpha value is -10.8. The van der Waals surface area contributed by atoms with E-state index in [2.05, 4.69) is 286 Å². The monoisotopic (exact) mass is 1070 g/mol. The van der Waals surface area contributed by atoms with E-state index in [1.165, 1.54) is 5.57 Å². The van der Waals surface area contributed by atoms with E-state index in [0.717, 1.165) is 113 Å². The molecule has 3 aliphatic carbocycles. The van der Waals surface area contributed by atoms with Crippen molar-refractivity contribution in [3.8, 4) is 68.3 Å². The van der Waals surface area contributed by atoms with E-state index in [4.69, 9.17) is 30.6 Å². The van der Waals surface area contributed by atoms with E-state index in [0.29, 0.717) is 0 Å². The lowest BCUT2D eigenvalue weighted by atomic mass is 9.81. The standard InChI is InChI=1S/C73H54N10/c1-49-25-17-18-36-55(49)73-79-78-72(54-34-15-6-16-35-54)83(73)67-48-45-64(58-39-21-24-42-61(58)67)80(62-43-46-65(59-40-22-19-37-56(59)62)81-68(50-26-7-2-8-27-50)74-75-69(81)51-28-9-3-10-29-51)63-44-47-66(60-41-23-20-38-57(60)63)82-70(52-30-11-4-12-31-52)76-77-71(82)53-32-13-5-14-33-53/h2-49,55,61,67H,1H3. The number of hydrogen-bond acceptors (Lipinski definition) is 7. The van der Waals surface area contributed by atoms with Gasteiger partial charge in [0, 0.05) is 66.9 Å². The van der Waals surface area contributed by atoms with Gasteiger partial charge in [-0.05, 0) is 41.8 Å². The molecule has 3 heterocycles. The summed E-state index contributed by atoms with van der Waals surface area (Å²) in [4.78, 5) is 2.49. The number of benzene rings is 9. The molecule has 0 amide bonds. The minimum absolute atomic E-state index is 0.0348. The summed E-state index contributed by atoms with van der Waals surface area (Å²) in [6, 6.07) is 78.2. The average molecular weight is 1070 g/mol. The van der Waals surface area contributed by atoms with Gasteiger partial charge in [0.05, 0.1) is 28.8 Å². The van der Waals surface area contributed by atoms with E-state index in [1.807, 2.05) is 24.3 Å². The maximum Gasteiger partial charge on any atom is 0.168 e. The fourth-order valence-electron chi connectivity index (χ4n) is 12.4. The first-order chi connectivity index (χ1) is 41.2. The largest absolute Gasteiger partial charge is 0.309 e. The summed E-state index contributed by atoms with van der Waals surface area (Å²) in [5.41, 5.74) is 11.1. The van der Waals surface area contributed by atoms with Crippen LogP contribution in [-0.2, 0) is 0 Å². The van der Waals surface area contributed by atoms with E-state index >= 15 is 0 Å². The molecule has 10 heteroatoms. The predicted molar refractivity (Wildman–Crippen MR) is 334 cm³/mol. The van der Waals surface area contributed by atoms with E-state index in [-0.39, 0.29) is 23.8 Å². The van der Waals surface area contributed by atoms with Crippen LogP contribution >= 0.6 is 0 Å². The maximum atomic E-state index is 5.06. The third-order valence-corrected chi connectivity index (χ3v) is 16.4. The molecule has 0 aliphatic heterocycles. The lowest BCUT2D eigenvalue weighted by molar-refractivity contribution is 0.465. The highest BCUT2D eigenvalue weighted by Gasteiger charge is 2.37. The van der Waals surface area contributed by atoms with Crippen LogP contribution < -0.4 is 4.90 Å². The van der Waals surface area contributed by atoms with E-state index in [1.54, 1.807) is 0 Å². The van der Waals surface area contributed by atoms with Crippen LogP contribution in [0.4, 0.5) is 11.4 Å². The minimum Gasteiger partial charge on any atom is -0.309 e. The number of hydrogen-bond donors (Lipinski definition) is 0. The second-order valence-corrected chi connectivity index (χ2v) is 21.2. The van der Waals surface area contributed by atoms with Crippen molar-refractivity contribution in [1.29, 1.82) is 0 Å². The summed E-state index contributed by atoms with van der Waals surface area (Å²) in [6.07, 6.45) is 22.6. The Balaban J connectivity index is 0.978. The molecular weight excluding hydrogens is 1020 g/mol. The highest BCUT2D eigenvalue weighted by Crippen LogP contribution is 2.49. The molecule has 0 bridgehead atoms. The van der Waals surface area contributed by atoms with E-state index in [9.17, 15) is 0 Å². The Labute approximate surface area is 481 Å². The summed E-state index contributed by atoms with van der Waals surface area (Å²) in [6.45, 7) is 2.26. The van der Waals surface area contributed by atoms with Crippen LogP contribution in [0.2, 0.25) is 0 Å². The first-order valence-corrected chi connectivity index (χ1v) is 28.3. The maximum absolute atomic E-state index is 5.06. The Morgan fingerprint density at radius 2 is 0.723 bits per heavy atom. The van der Waals surface area contributed by atoms with Crippen LogP contribution in [0.1, 0.15) is 24.7 Å². The lowest BCUT2D eigenvalue weighted by Gasteiger charge is -2.38. The van der Waals surface area contributed by atoms with Crippen LogP contribution in [0.15, 0.2) is 296 Å². The molecule has 15 rings (SSSR count). The smallest absolute Gasteiger partial charge is 0.168 e. The zero-order chi connectivity index (χ0) is 55.2. The van der Waals surface area contributed by atoms with Crippen LogP contribution in [-0.4, -0.2) is 44.3 Å². The molecular formula is C73H54N10. The molecule has 3 aromatic heterocycles. The second-order valence-electron chi connectivity index (χ2n) is 21.2. The zero-order valence-electron chi connectivity index (χ0n) is 45.4. The third-order valence-electron chi connectivity index (χ3n) is 16.4.